The highest BCUT2D eigenvalue weighted by Crippen LogP contribution is 2.30. The highest BCUT2D eigenvalue weighted by molar-refractivity contribution is 5.75. The number of hydrogen-bond acceptors (Lipinski definition) is 4. The lowest BCUT2D eigenvalue weighted by Gasteiger charge is -2.21. The van der Waals surface area contributed by atoms with Gasteiger partial charge < -0.3 is 9.80 Å². The van der Waals surface area contributed by atoms with E-state index in [9.17, 15) is 10.1 Å². The topological polar surface area (TPSA) is 49.6 Å². The van der Waals surface area contributed by atoms with Crippen LogP contribution in [0, 0.1) is 10.1 Å². The van der Waals surface area contributed by atoms with Crippen molar-refractivity contribution in [3.05, 3.63) is 33.9 Å². The lowest BCUT2D eigenvalue weighted by atomic mass is 10.1. The van der Waals surface area contributed by atoms with Crippen LogP contribution in [-0.4, -0.2) is 52.0 Å². The van der Waals surface area contributed by atoms with E-state index in [0.29, 0.717) is 0 Å². The zero-order valence-corrected chi connectivity index (χ0v) is 10.8. The highest BCUT2D eigenvalue weighted by Gasteiger charge is 2.21. The molecule has 1 aliphatic heterocycles. The van der Waals surface area contributed by atoms with Crippen LogP contribution in [0.3, 0.4) is 0 Å². The van der Waals surface area contributed by atoms with Crippen molar-refractivity contribution in [2.24, 2.45) is 0 Å². The normalized spacial score (nSPS) is 13.4. The molecule has 0 spiro atoms. The third kappa shape index (κ3) is 3.01. The number of benzene rings is 1. The maximum atomic E-state index is 10.7. The molecular weight excluding hydrogens is 229 g/mol. The Bertz CT molecular complexity index is 437. The molecule has 1 heterocycles. The minimum absolute atomic E-state index is 0. The van der Waals surface area contributed by atoms with Crippen LogP contribution in [0.15, 0.2) is 18.2 Å². The summed E-state index contributed by atoms with van der Waals surface area (Å²) in [5.41, 5.74) is 2.44. The van der Waals surface area contributed by atoms with E-state index in [0.717, 1.165) is 37.3 Å². The fraction of sp³-hybridized carbons (Fsp3) is 0.500. The molecule has 1 aromatic carbocycles. The van der Waals surface area contributed by atoms with Crippen molar-refractivity contribution in [3.63, 3.8) is 0 Å². The molecule has 1 aliphatic rings. The monoisotopic (exact) mass is 246 g/mol. The standard InChI is InChI=1S/C12H17N3O2.B/c1-13(2)7-8-14-6-5-10-9-11(15(16)17)3-4-12(10)14;/h3-4,9H,5-8H2,1-2H3;. The largest absolute Gasteiger partial charge is 0.370 e. The lowest BCUT2D eigenvalue weighted by molar-refractivity contribution is -0.384. The van der Waals surface area contributed by atoms with Gasteiger partial charge in [0.2, 0.25) is 0 Å². The van der Waals surface area contributed by atoms with E-state index < -0.39 is 0 Å². The Morgan fingerprint density at radius 2 is 2.17 bits per heavy atom. The molecule has 0 amide bonds. The average Bonchev–Trinajstić information content (AvgIpc) is 2.68. The summed E-state index contributed by atoms with van der Waals surface area (Å²) in [7, 11) is 4.10. The molecule has 6 heteroatoms. The predicted molar refractivity (Wildman–Crippen MR) is 73.3 cm³/mol. The predicted octanol–water partition coefficient (Wildman–Crippen LogP) is 1.14. The Morgan fingerprint density at radius 3 is 2.78 bits per heavy atom. The summed E-state index contributed by atoms with van der Waals surface area (Å²) >= 11 is 0. The Hall–Kier alpha value is -1.56. The minimum atomic E-state index is -0.331. The number of rotatable bonds is 4. The van der Waals surface area contributed by atoms with Gasteiger partial charge in [-0.3, -0.25) is 10.1 Å². The fourth-order valence-electron chi connectivity index (χ4n) is 2.12. The van der Waals surface area contributed by atoms with Crippen LogP contribution >= 0.6 is 0 Å². The van der Waals surface area contributed by atoms with Gasteiger partial charge in [0.25, 0.3) is 5.69 Å². The van der Waals surface area contributed by atoms with E-state index in [1.807, 2.05) is 20.2 Å². The third-order valence-electron chi connectivity index (χ3n) is 3.08. The molecule has 0 aliphatic carbocycles. The first-order valence-corrected chi connectivity index (χ1v) is 5.75. The minimum Gasteiger partial charge on any atom is -0.370 e. The summed E-state index contributed by atoms with van der Waals surface area (Å²) in [6, 6.07) is 5.16. The highest BCUT2D eigenvalue weighted by atomic mass is 16.6. The van der Waals surface area contributed by atoms with Crippen molar-refractivity contribution >= 4 is 19.8 Å². The summed E-state index contributed by atoms with van der Waals surface area (Å²) < 4.78 is 0. The maximum Gasteiger partial charge on any atom is 0.269 e. The van der Waals surface area contributed by atoms with Gasteiger partial charge >= 0.3 is 0 Å². The molecule has 0 saturated heterocycles. The SMILES string of the molecule is CN(C)CCN1CCc2cc([N+](=O)[O-])ccc21.[B]. The van der Waals surface area contributed by atoms with Gasteiger partial charge in [0.1, 0.15) is 0 Å². The molecule has 0 unspecified atom stereocenters. The fourth-order valence-corrected chi connectivity index (χ4v) is 2.12. The van der Waals surface area contributed by atoms with E-state index in [-0.39, 0.29) is 19.0 Å². The Morgan fingerprint density at radius 1 is 1.44 bits per heavy atom. The summed E-state index contributed by atoms with van der Waals surface area (Å²) in [5.74, 6) is 0. The number of anilines is 1. The molecule has 18 heavy (non-hydrogen) atoms. The van der Waals surface area contributed by atoms with E-state index in [2.05, 4.69) is 9.80 Å². The van der Waals surface area contributed by atoms with Crippen LogP contribution in [-0.2, 0) is 6.42 Å². The first-order chi connectivity index (χ1) is 8.08. The molecule has 1 aromatic rings. The third-order valence-corrected chi connectivity index (χ3v) is 3.08. The van der Waals surface area contributed by atoms with E-state index in [1.54, 1.807) is 12.1 Å². The second-order valence-electron chi connectivity index (χ2n) is 4.61. The van der Waals surface area contributed by atoms with Gasteiger partial charge in [-0.2, -0.15) is 0 Å². The van der Waals surface area contributed by atoms with Crippen LogP contribution in [0.4, 0.5) is 11.4 Å². The molecule has 0 fully saturated rings. The van der Waals surface area contributed by atoms with Crippen LogP contribution in [0.2, 0.25) is 0 Å². The number of fused-ring (bicyclic) bond motifs is 1. The summed E-state index contributed by atoms with van der Waals surface area (Å²) in [5, 5.41) is 10.7. The molecule has 2 rings (SSSR count). The first-order valence-electron chi connectivity index (χ1n) is 5.75. The van der Waals surface area contributed by atoms with Crippen LogP contribution in [0.5, 0.6) is 0 Å². The lowest BCUT2D eigenvalue weighted by Crippen LogP contribution is -2.30. The number of likely N-dealkylation sites (N-methyl/N-ethyl adjacent to an activating group) is 1. The van der Waals surface area contributed by atoms with Gasteiger partial charge in [-0.05, 0) is 32.1 Å². The molecule has 0 aromatic heterocycles. The van der Waals surface area contributed by atoms with Crippen molar-refractivity contribution < 1.29 is 4.92 Å². The summed E-state index contributed by atoms with van der Waals surface area (Å²) in [6.07, 6.45) is 0.907. The van der Waals surface area contributed by atoms with Crippen LogP contribution < -0.4 is 4.90 Å². The molecule has 3 radical (unpaired) electrons. The second-order valence-corrected chi connectivity index (χ2v) is 4.61. The molecule has 0 saturated carbocycles. The first kappa shape index (κ1) is 14.5. The number of hydrogen-bond donors (Lipinski definition) is 0. The van der Waals surface area contributed by atoms with Crippen molar-refractivity contribution in [3.8, 4) is 0 Å². The van der Waals surface area contributed by atoms with Crippen molar-refractivity contribution in [1.29, 1.82) is 0 Å². The van der Waals surface area contributed by atoms with Crippen LogP contribution in [0.1, 0.15) is 5.56 Å². The van der Waals surface area contributed by atoms with Crippen molar-refractivity contribution in [1.82, 2.24) is 4.90 Å². The zero-order chi connectivity index (χ0) is 12.4. The van der Waals surface area contributed by atoms with Crippen molar-refractivity contribution in [2.45, 2.75) is 6.42 Å². The second kappa shape index (κ2) is 5.86. The van der Waals surface area contributed by atoms with Crippen LogP contribution in [0.25, 0.3) is 0 Å². The zero-order valence-electron chi connectivity index (χ0n) is 10.8. The maximum absolute atomic E-state index is 10.7. The Kier molecular flexibility index (Phi) is 4.72. The molecule has 0 bridgehead atoms. The average molecular weight is 246 g/mol. The van der Waals surface area contributed by atoms with Gasteiger partial charge in [0.15, 0.2) is 0 Å². The molecule has 0 N–H and O–H groups in total. The molecule has 5 nitrogen and oxygen atoms in total. The molecule has 95 valence electrons. The van der Waals surface area contributed by atoms with E-state index in [1.165, 1.54) is 0 Å². The number of nitrogens with zero attached hydrogens (tertiary/aromatic N) is 3. The quantitative estimate of drug-likeness (QED) is 0.454. The summed E-state index contributed by atoms with van der Waals surface area (Å²) in [6.45, 7) is 2.93. The number of nitro groups is 1. The number of nitro benzene ring substituents is 1. The van der Waals surface area contributed by atoms with Crippen molar-refractivity contribution in [2.75, 3.05) is 38.6 Å². The van der Waals surface area contributed by atoms with Gasteiger partial charge in [-0.1, -0.05) is 0 Å². The molecular formula is C12H17BN3O2. The Balaban J connectivity index is 0.00000162. The van der Waals surface area contributed by atoms with Gasteiger partial charge in [-0.25, -0.2) is 0 Å². The number of non-ortho nitro benzene ring substituents is 1. The van der Waals surface area contributed by atoms with E-state index in [4.69, 9.17) is 0 Å². The molecule has 0 atom stereocenters. The van der Waals surface area contributed by atoms with E-state index >= 15 is 0 Å². The smallest absolute Gasteiger partial charge is 0.269 e. The van der Waals surface area contributed by atoms with Gasteiger partial charge in [0.05, 0.1) is 4.92 Å². The Labute approximate surface area is 109 Å². The van der Waals surface area contributed by atoms with Gasteiger partial charge in [-0.15, -0.1) is 0 Å². The summed E-state index contributed by atoms with van der Waals surface area (Å²) in [4.78, 5) is 14.8. The van der Waals surface area contributed by atoms with Gasteiger partial charge in [0, 0.05) is 45.9 Å².